The Bertz CT molecular complexity index is 1150. The summed E-state index contributed by atoms with van der Waals surface area (Å²) in [5.41, 5.74) is 2.08. The molecule has 0 radical (unpaired) electrons. The van der Waals surface area contributed by atoms with E-state index in [9.17, 15) is 14.0 Å². The number of amides is 1. The molecule has 1 atom stereocenters. The Balaban J connectivity index is 1.81. The number of fused-ring (bicyclic) bond motifs is 2. The summed E-state index contributed by atoms with van der Waals surface area (Å²) < 4.78 is 25.0. The summed E-state index contributed by atoms with van der Waals surface area (Å²) in [6.07, 6.45) is 0.712. The average molecular weight is 409 g/mol. The lowest BCUT2D eigenvalue weighted by molar-refractivity contribution is 0.0593. The number of halogens is 1. The van der Waals surface area contributed by atoms with Crippen LogP contribution in [0.25, 0.3) is 11.0 Å². The maximum Gasteiger partial charge on any atom is 0.290 e. The second kappa shape index (κ2) is 8.03. The summed E-state index contributed by atoms with van der Waals surface area (Å²) in [5, 5.41) is 0.443. The van der Waals surface area contributed by atoms with E-state index < -0.39 is 6.04 Å². The summed E-state index contributed by atoms with van der Waals surface area (Å²) >= 11 is 0. The first-order valence-electron chi connectivity index (χ1n) is 10.1. The fraction of sp³-hybridized carbons (Fsp3) is 0.333. The zero-order chi connectivity index (χ0) is 21.4. The molecular weight excluding hydrogens is 385 g/mol. The molecule has 0 bridgehead atoms. The van der Waals surface area contributed by atoms with Gasteiger partial charge in [0, 0.05) is 13.2 Å². The van der Waals surface area contributed by atoms with Crippen molar-refractivity contribution in [3.8, 4) is 0 Å². The first-order valence-corrected chi connectivity index (χ1v) is 10.1. The van der Waals surface area contributed by atoms with Gasteiger partial charge in [0.05, 0.1) is 23.1 Å². The average Bonchev–Trinajstić information content (AvgIpc) is 2.99. The zero-order valence-corrected chi connectivity index (χ0v) is 17.3. The van der Waals surface area contributed by atoms with Gasteiger partial charge in [-0.1, -0.05) is 23.8 Å². The minimum absolute atomic E-state index is 0.0652. The Morgan fingerprint density at radius 3 is 2.57 bits per heavy atom. The number of aryl methyl sites for hydroxylation is 1. The topological polar surface area (TPSA) is 59.8 Å². The van der Waals surface area contributed by atoms with Crippen molar-refractivity contribution in [2.45, 2.75) is 39.3 Å². The number of hydrogen-bond donors (Lipinski definition) is 0. The highest BCUT2D eigenvalue weighted by Gasteiger charge is 2.42. The van der Waals surface area contributed by atoms with Crippen LogP contribution in [0.1, 0.15) is 53.6 Å². The van der Waals surface area contributed by atoms with Gasteiger partial charge < -0.3 is 14.1 Å². The Labute approximate surface area is 174 Å². The van der Waals surface area contributed by atoms with Crippen LogP contribution in [-0.2, 0) is 4.74 Å². The number of ether oxygens (including phenoxy) is 1. The fourth-order valence-electron chi connectivity index (χ4n) is 3.91. The third-order valence-corrected chi connectivity index (χ3v) is 5.30. The van der Waals surface area contributed by atoms with E-state index in [1.165, 1.54) is 12.1 Å². The van der Waals surface area contributed by atoms with Crippen LogP contribution < -0.4 is 5.43 Å². The van der Waals surface area contributed by atoms with E-state index in [-0.39, 0.29) is 29.0 Å². The van der Waals surface area contributed by atoms with Crippen molar-refractivity contribution >= 4 is 16.9 Å². The first kappa shape index (κ1) is 20.3. The van der Waals surface area contributed by atoms with Crippen LogP contribution in [-0.4, -0.2) is 30.1 Å². The van der Waals surface area contributed by atoms with Crippen LogP contribution in [0.4, 0.5) is 4.39 Å². The third-order valence-electron chi connectivity index (χ3n) is 5.30. The highest BCUT2D eigenvalue weighted by atomic mass is 19.1. The molecule has 0 fully saturated rings. The van der Waals surface area contributed by atoms with E-state index in [2.05, 4.69) is 0 Å². The molecule has 6 heteroatoms. The van der Waals surface area contributed by atoms with Crippen LogP contribution in [0.5, 0.6) is 0 Å². The van der Waals surface area contributed by atoms with Crippen LogP contribution in [0, 0.1) is 12.7 Å². The van der Waals surface area contributed by atoms with Gasteiger partial charge >= 0.3 is 0 Å². The molecule has 2 heterocycles. The van der Waals surface area contributed by atoms with Crippen molar-refractivity contribution in [2.75, 3.05) is 13.2 Å². The highest BCUT2D eigenvalue weighted by Crippen LogP contribution is 2.38. The first-order chi connectivity index (χ1) is 14.4. The molecule has 1 aliphatic heterocycles. The summed E-state index contributed by atoms with van der Waals surface area (Å²) in [6, 6.07) is 10.6. The SMILES string of the molecule is Cc1ccc2oc3c(c(=O)c2c1)[C@@H](c1ccc(F)cc1)N(CCCOC(C)C)C3=O. The number of carbonyl (C=O) groups excluding carboxylic acids is 1. The Morgan fingerprint density at radius 2 is 1.87 bits per heavy atom. The van der Waals surface area contributed by atoms with Crippen molar-refractivity contribution < 1.29 is 18.3 Å². The maximum absolute atomic E-state index is 13.5. The van der Waals surface area contributed by atoms with Crippen LogP contribution in [0.15, 0.2) is 51.7 Å². The standard InChI is InChI=1S/C24H24FNO4/c1-14(2)29-12-4-11-26-21(16-6-8-17(25)9-7-16)20-22(27)18-13-15(3)5-10-19(18)30-23(20)24(26)28/h5-10,13-14,21H,4,11-12H2,1-3H3/t21-/m1/s1. The van der Waals surface area contributed by atoms with Crippen LogP contribution >= 0.6 is 0 Å². The predicted molar refractivity (Wildman–Crippen MR) is 112 cm³/mol. The van der Waals surface area contributed by atoms with Crippen molar-refractivity contribution in [1.29, 1.82) is 0 Å². The highest BCUT2D eigenvalue weighted by molar-refractivity contribution is 5.99. The van der Waals surface area contributed by atoms with Gasteiger partial charge in [0.25, 0.3) is 5.91 Å². The quantitative estimate of drug-likeness (QED) is 0.558. The molecule has 30 heavy (non-hydrogen) atoms. The molecule has 156 valence electrons. The lowest BCUT2D eigenvalue weighted by atomic mass is 9.98. The molecule has 2 aromatic carbocycles. The fourth-order valence-corrected chi connectivity index (χ4v) is 3.91. The largest absolute Gasteiger partial charge is 0.450 e. The van der Waals surface area contributed by atoms with Gasteiger partial charge in [-0.15, -0.1) is 0 Å². The van der Waals surface area contributed by atoms with E-state index in [1.807, 2.05) is 26.8 Å². The maximum atomic E-state index is 13.5. The van der Waals surface area contributed by atoms with Crippen LogP contribution in [0.2, 0.25) is 0 Å². The number of nitrogens with zero attached hydrogens (tertiary/aromatic N) is 1. The molecule has 4 rings (SSSR count). The zero-order valence-electron chi connectivity index (χ0n) is 17.3. The molecule has 1 aliphatic rings. The molecule has 1 aromatic heterocycles. The van der Waals surface area contributed by atoms with Gasteiger partial charge in [0.15, 0.2) is 5.43 Å². The van der Waals surface area contributed by atoms with E-state index in [4.69, 9.17) is 9.15 Å². The third kappa shape index (κ3) is 3.63. The van der Waals surface area contributed by atoms with Gasteiger partial charge in [-0.25, -0.2) is 4.39 Å². The van der Waals surface area contributed by atoms with E-state index in [0.717, 1.165) is 5.56 Å². The molecule has 0 aliphatic carbocycles. The second-order valence-corrected chi connectivity index (χ2v) is 7.90. The normalized spacial score (nSPS) is 16.0. The Morgan fingerprint density at radius 1 is 1.13 bits per heavy atom. The number of hydrogen-bond acceptors (Lipinski definition) is 4. The van der Waals surface area contributed by atoms with Gasteiger partial charge in [-0.3, -0.25) is 9.59 Å². The molecule has 5 nitrogen and oxygen atoms in total. The summed E-state index contributed by atoms with van der Waals surface area (Å²) in [7, 11) is 0. The van der Waals surface area contributed by atoms with Crippen molar-refractivity contribution in [3.63, 3.8) is 0 Å². The molecule has 0 spiro atoms. The molecule has 0 saturated heterocycles. The van der Waals surface area contributed by atoms with Gasteiger partial charge in [-0.2, -0.15) is 0 Å². The van der Waals surface area contributed by atoms with E-state index in [0.29, 0.717) is 41.7 Å². The summed E-state index contributed by atoms with van der Waals surface area (Å²) in [5.74, 6) is -0.639. The lowest BCUT2D eigenvalue weighted by Crippen LogP contribution is -2.31. The van der Waals surface area contributed by atoms with Gasteiger partial charge in [0.2, 0.25) is 5.76 Å². The van der Waals surface area contributed by atoms with E-state index in [1.54, 1.807) is 29.2 Å². The van der Waals surface area contributed by atoms with Crippen LogP contribution in [0.3, 0.4) is 0 Å². The summed E-state index contributed by atoms with van der Waals surface area (Å²) in [6.45, 7) is 6.70. The summed E-state index contributed by atoms with van der Waals surface area (Å²) in [4.78, 5) is 28.2. The minimum Gasteiger partial charge on any atom is -0.450 e. The monoisotopic (exact) mass is 409 g/mol. The molecule has 0 saturated carbocycles. The van der Waals surface area contributed by atoms with Crippen molar-refractivity contribution in [3.05, 3.63) is 81.0 Å². The number of rotatable bonds is 6. The van der Waals surface area contributed by atoms with Gasteiger partial charge in [0.1, 0.15) is 11.4 Å². The Hall–Kier alpha value is -2.99. The Kier molecular flexibility index (Phi) is 5.43. The number of benzene rings is 2. The molecule has 3 aromatic rings. The molecule has 0 unspecified atom stereocenters. The smallest absolute Gasteiger partial charge is 0.290 e. The van der Waals surface area contributed by atoms with Crippen molar-refractivity contribution in [1.82, 2.24) is 4.90 Å². The predicted octanol–water partition coefficient (Wildman–Crippen LogP) is 4.60. The lowest BCUT2D eigenvalue weighted by Gasteiger charge is -2.25. The number of carbonyl (C=O) groups is 1. The van der Waals surface area contributed by atoms with E-state index >= 15 is 0 Å². The second-order valence-electron chi connectivity index (χ2n) is 7.90. The molecule has 0 N–H and O–H groups in total. The molecular formula is C24H24FNO4. The molecule has 1 amide bonds. The minimum atomic E-state index is -0.617. The van der Waals surface area contributed by atoms with Crippen molar-refractivity contribution in [2.24, 2.45) is 0 Å². The van der Waals surface area contributed by atoms with Gasteiger partial charge in [-0.05, 0) is 57.0 Å².